The van der Waals surface area contributed by atoms with E-state index < -0.39 is 0 Å². The average Bonchev–Trinajstić information content (AvgIpc) is 3.11. The van der Waals surface area contributed by atoms with Gasteiger partial charge < -0.3 is 10.1 Å². The highest BCUT2D eigenvalue weighted by molar-refractivity contribution is 6.30. The minimum atomic E-state index is 0.497. The van der Waals surface area contributed by atoms with Crippen LogP contribution in [0.15, 0.2) is 12.1 Å². The van der Waals surface area contributed by atoms with Gasteiger partial charge in [0.25, 0.3) is 0 Å². The largest absolute Gasteiger partial charge is 0.496 e. The van der Waals surface area contributed by atoms with Gasteiger partial charge in [-0.1, -0.05) is 11.6 Å². The third-order valence-corrected chi connectivity index (χ3v) is 3.81. The fourth-order valence-corrected chi connectivity index (χ4v) is 2.89. The number of fused-ring (bicyclic) bond motifs is 1. The lowest BCUT2D eigenvalue weighted by molar-refractivity contribution is 0.395. The molecule has 16 heavy (non-hydrogen) atoms. The van der Waals surface area contributed by atoms with Gasteiger partial charge in [0, 0.05) is 16.6 Å². The van der Waals surface area contributed by atoms with Crippen LogP contribution >= 0.6 is 11.6 Å². The van der Waals surface area contributed by atoms with Gasteiger partial charge in [0.05, 0.1) is 7.11 Å². The first-order valence-electron chi connectivity index (χ1n) is 5.89. The third kappa shape index (κ3) is 1.70. The molecule has 1 unspecified atom stereocenters. The Morgan fingerprint density at radius 1 is 1.38 bits per heavy atom. The second-order valence-electron chi connectivity index (χ2n) is 4.70. The highest BCUT2D eigenvalue weighted by Gasteiger charge is 2.35. The van der Waals surface area contributed by atoms with Crippen molar-refractivity contribution in [3.63, 3.8) is 0 Å². The first-order chi connectivity index (χ1) is 7.79. The molecular weight excluding hydrogens is 222 g/mol. The highest BCUT2D eigenvalue weighted by Crippen LogP contribution is 2.45. The molecule has 0 amide bonds. The summed E-state index contributed by atoms with van der Waals surface area (Å²) < 4.78 is 5.43. The maximum absolute atomic E-state index is 6.14. The molecule has 2 nitrogen and oxygen atoms in total. The minimum Gasteiger partial charge on any atom is -0.496 e. The molecule has 3 heteroatoms. The van der Waals surface area contributed by atoms with Gasteiger partial charge in [-0.05, 0) is 49.4 Å². The van der Waals surface area contributed by atoms with Crippen molar-refractivity contribution in [2.75, 3.05) is 13.7 Å². The first kappa shape index (κ1) is 10.4. The average molecular weight is 238 g/mol. The van der Waals surface area contributed by atoms with Crippen molar-refractivity contribution in [1.82, 2.24) is 5.32 Å². The molecule has 1 saturated carbocycles. The monoisotopic (exact) mass is 237 g/mol. The third-order valence-electron chi connectivity index (χ3n) is 3.60. The summed E-state index contributed by atoms with van der Waals surface area (Å²) in [5.74, 6) is 1.76. The van der Waals surface area contributed by atoms with Gasteiger partial charge in [-0.2, -0.15) is 0 Å². The Bertz CT molecular complexity index is 415. The van der Waals surface area contributed by atoms with E-state index in [1.807, 2.05) is 6.07 Å². The summed E-state index contributed by atoms with van der Waals surface area (Å²) in [6, 6.07) is 4.53. The molecule has 0 saturated heterocycles. The molecule has 0 spiro atoms. The zero-order chi connectivity index (χ0) is 11.1. The number of benzene rings is 1. The summed E-state index contributed by atoms with van der Waals surface area (Å²) in [4.78, 5) is 0. The standard InChI is InChI=1S/C13H16ClNO/c1-16-12-7-9(14)6-11-10(12)4-5-15-13(11)8-2-3-8/h6-8,13,15H,2-5H2,1H3. The number of hydrogen-bond acceptors (Lipinski definition) is 2. The first-order valence-corrected chi connectivity index (χ1v) is 6.27. The lowest BCUT2D eigenvalue weighted by atomic mass is 9.91. The van der Waals surface area contributed by atoms with Crippen molar-refractivity contribution in [3.05, 3.63) is 28.3 Å². The molecule has 86 valence electrons. The molecule has 1 fully saturated rings. The van der Waals surface area contributed by atoms with Gasteiger partial charge in [-0.3, -0.25) is 0 Å². The lowest BCUT2D eigenvalue weighted by Gasteiger charge is -2.28. The van der Waals surface area contributed by atoms with E-state index in [9.17, 15) is 0 Å². The molecule has 2 aliphatic rings. The predicted molar refractivity (Wildman–Crippen MR) is 65.2 cm³/mol. The van der Waals surface area contributed by atoms with Crippen LogP contribution in [0.5, 0.6) is 5.75 Å². The van der Waals surface area contributed by atoms with E-state index in [2.05, 4.69) is 11.4 Å². The van der Waals surface area contributed by atoms with E-state index in [0.717, 1.165) is 29.7 Å². The quantitative estimate of drug-likeness (QED) is 0.854. The van der Waals surface area contributed by atoms with Crippen LogP contribution in [-0.2, 0) is 6.42 Å². The number of methoxy groups -OCH3 is 1. The molecule has 1 N–H and O–H groups in total. The molecule has 0 bridgehead atoms. The van der Waals surface area contributed by atoms with Crippen LogP contribution in [0, 0.1) is 5.92 Å². The van der Waals surface area contributed by atoms with E-state index in [1.165, 1.54) is 24.0 Å². The molecule has 0 radical (unpaired) electrons. The summed E-state index contributed by atoms with van der Waals surface area (Å²) in [5, 5.41) is 4.38. The van der Waals surface area contributed by atoms with Gasteiger partial charge in [-0.15, -0.1) is 0 Å². The molecule has 1 aromatic carbocycles. The van der Waals surface area contributed by atoms with Crippen LogP contribution in [0.3, 0.4) is 0 Å². The molecule has 1 aromatic rings. The van der Waals surface area contributed by atoms with Gasteiger partial charge in [-0.25, -0.2) is 0 Å². The summed E-state index contributed by atoms with van der Waals surface area (Å²) in [7, 11) is 1.72. The van der Waals surface area contributed by atoms with Crippen molar-refractivity contribution in [3.8, 4) is 5.75 Å². The van der Waals surface area contributed by atoms with E-state index in [-0.39, 0.29) is 0 Å². The lowest BCUT2D eigenvalue weighted by Crippen LogP contribution is -2.31. The predicted octanol–water partition coefficient (Wildman–Crippen LogP) is 2.95. The molecule has 3 rings (SSSR count). The van der Waals surface area contributed by atoms with Gasteiger partial charge in [0.1, 0.15) is 5.75 Å². The van der Waals surface area contributed by atoms with E-state index in [1.54, 1.807) is 7.11 Å². The summed E-state index contributed by atoms with van der Waals surface area (Å²) in [5.41, 5.74) is 2.71. The molecule has 0 aromatic heterocycles. The van der Waals surface area contributed by atoms with Crippen LogP contribution < -0.4 is 10.1 Å². The van der Waals surface area contributed by atoms with Crippen LogP contribution in [-0.4, -0.2) is 13.7 Å². The maximum atomic E-state index is 6.14. The second kappa shape index (κ2) is 3.94. The molecule has 1 heterocycles. The Labute approximate surface area is 101 Å². The Balaban J connectivity index is 2.07. The fraction of sp³-hybridized carbons (Fsp3) is 0.538. The summed E-state index contributed by atoms with van der Waals surface area (Å²) >= 11 is 6.14. The number of hydrogen-bond donors (Lipinski definition) is 1. The van der Waals surface area contributed by atoms with Gasteiger partial charge >= 0.3 is 0 Å². The topological polar surface area (TPSA) is 21.3 Å². The van der Waals surface area contributed by atoms with Crippen molar-refractivity contribution in [1.29, 1.82) is 0 Å². The summed E-state index contributed by atoms with van der Waals surface area (Å²) in [6.07, 6.45) is 3.72. The molecule has 1 aliphatic carbocycles. The Morgan fingerprint density at radius 3 is 2.88 bits per heavy atom. The van der Waals surface area contributed by atoms with Crippen LogP contribution in [0.2, 0.25) is 5.02 Å². The van der Waals surface area contributed by atoms with Gasteiger partial charge in [0.2, 0.25) is 0 Å². The Kier molecular flexibility index (Phi) is 2.56. The SMILES string of the molecule is COc1cc(Cl)cc2c1CCNC2C1CC1. The van der Waals surface area contributed by atoms with Crippen molar-refractivity contribution in [2.45, 2.75) is 25.3 Å². The highest BCUT2D eigenvalue weighted by atomic mass is 35.5. The number of halogens is 1. The van der Waals surface area contributed by atoms with E-state index in [4.69, 9.17) is 16.3 Å². The molecule has 1 aliphatic heterocycles. The smallest absolute Gasteiger partial charge is 0.123 e. The molecule has 1 atom stereocenters. The number of ether oxygens (including phenoxy) is 1. The fourth-order valence-electron chi connectivity index (χ4n) is 2.67. The second-order valence-corrected chi connectivity index (χ2v) is 5.13. The minimum absolute atomic E-state index is 0.497. The van der Waals surface area contributed by atoms with Crippen LogP contribution in [0.1, 0.15) is 30.0 Å². The van der Waals surface area contributed by atoms with Crippen molar-refractivity contribution >= 4 is 11.6 Å². The van der Waals surface area contributed by atoms with Crippen LogP contribution in [0.4, 0.5) is 0 Å². The maximum Gasteiger partial charge on any atom is 0.123 e. The van der Waals surface area contributed by atoms with Crippen LogP contribution in [0.25, 0.3) is 0 Å². The van der Waals surface area contributed by atoms with E-state index >= 15 is 0 Å². The number of rotatable bonds is 2. The normalized spacial score (nSPS) is 24.0. The Morgan fingerprint density at radius 2 is 2.19 bits per heavy atom. The van der Waals surface area contributed by atoms with Gasteiger partial charge in [0.15, 0.2) is 0 Å². The zero-order valence-electron chi connectivity index (χ0n) is 9.42. The van der Waals surface area contributed by atoms with Crippen molar-refractivity contribution in [2.24, 2.45) is 5.92 Å². The number of nitrogens with one attached hydrogen (secondary N) is 1. The Hall–Kier alpha value is -0.730. The molecular formula is C13H16ClNO. The zero-order valence-corrected chi connectivity index (χ0v) is 10.2. The van der Waals surface area contributed by atoms with E-state index in [0.29, 0.717) is 6.04 Å². The summed E-state index contributed by atoms with van der Waals surface area (Å²) in [6.45, 7) is 1.05. The van der Waals surface area contributed by atoms with Crippen molar-refractivity contribution < 1.29 is 4.74 Å².